The van der Waals surface area contributed by atoms with Crippen molar-refractivity contribution in [2.24, 2.45) is 40.4 Å². The molecule has 0 amide bonds. The molecule has 2 heteroatoms. The molecule has 1 aromatic rings. The highest BCUT2D eigenvalue weighted by atomic mass is 16.5. The lowest BCUT2D eigenvalue weighted by molar-refractivity contribution is -0.0950. The van der Waals surface area contributed by atoms with E-state index < -0.39 is 0 Å². The number of allylic oxidation sites excluding steroid dienone is 2. The van der Waals surface area contributed by atoms with Gasteiger partial charge in [0.1, 0.15) is 0 Å². The van der Waals surface area contributed by atoms with Gasteiger partial charge in [-0.15, -0.1) is 0 Å². The number of hydrogen-bond acceptors (Lipinski definition) is 2. The Morgan fingerprint density at radius 3 is 2.62 bits per heavy atom. The summed E-state index contributed by atoms with van der Waals surface area (Å²) in [5, 5.41) is 0. The maximum Gasteiger partial charge on any atom is 0.0619 e. The Kier molecular flexibility index (Phi) is 5.45. The largest absolute Gasteiger partial charge is 0.372 e. The van der Waals surface area contributed by atoms with Gasteiger partial charge in [0.2, 0.25) is 0 Å². The maximum atomic E-state index is 6.45. The molecule has 1 unspecified atom stereocenters. The monoisotopic (exact) mass is 459 g/mol. The average Bonchev–Trinajstić information content (AvgIpc) is 3.15. The molecule has 0 N–H and O–H groups in total. The smallest absolute Gasteiger partial charge is 0.0619 e. The summed E-state index contributed by atoms with van der Waals surface area (Å²) in [7, 11) is 0. The second-order valence-electron chi connectivity index (χ2n) is 13.9. The summed E-state index contributed by atoms with van der Waals surface area (Å²) in [6.07, 6.45) is 24.1. The van der Waals surface area contributed by atoms with Gasteiger partial charge in [0, 0.05) is 12.4 Å². The molecule has 5 aliphatic carbocycles. The summed E-state index contributed by atoms with van der Waals surface area (Å²) in [5.74, 6) is 4.19. The first kappa shape index (κ1) is 23.0. The first-order chi connectivity index (χ1) is 16.2. The van der Waals surface area contributed by atoms with Gasteiger partial charge in [-0.25, -0.2) is 0 Å². The van der Waals surface area contributed by atoms with Crippen molar-refractivity contribution in [2.75, 3.05) is 0 Å². The van der Waals surface area contributed by atoms with Crippen LogP contribution in [0.15, 0.2) is 36.2 Å². The van der Waals surface area contributed by atoms with Crippen LogP contribution in [0, 0.1) is 40.4 Å². The van der Waals surface area contributed by atoms with Crippen LogP contribution in [-0.4, -0.2) is 16.7 Å². The second kappa shape index (κ2) is 8.05. The topological polar surface area (TPSA) is 22.1 Å². The molecule has 3 saturated carbocycles. The van der Waals surface area contributed by atoms with Gasteiger partial charge in [0.15, 0.2) is 0 Å². The zero-order valence-electron chi connectivity index (χ0n) is 22.1. The Hall–Kier alpha value is -1.41. The fourth-order valence-corrected chi connectivity index (χ4v) is 9.57. The molecule has 0 saturated heterocycles. The summed E-state index contributed by atoms with van der Waals surface area (Å²) in [4.78, 5) is 4.43. The van der Waals surface area contributed by atoms with Crippen LogP contribution in [0.2, 0.25) is 0 Å². The second-order valence-corrected chi connectivity index (χ2v) is 13.9. The van der Waals surface area contributed by atoms with Gasteiger partial charge in [-0.3, -0.25) is 4.98 Å². The van der Waals surface area contributed by atoms with Crippen molar-refractivity contribution in [3.8, 4) is 0 Å². The van der Waals surface area contributed by atoms with E-state index in [1.54, 1.807) is 5.57 Å². The fourth-order valence-electron chi connectivity index (χ4n) is 9.57. The minimum atomic E-state index is -0.0359. The number of aromatic nitrogens is 1. The van der Waals surface area contributed by atoms with Crippen molar-refractivity contribution in [1.29, 1.82) is 0 Å². The van der Waals surface area contributed by atoms with Crippen molar-refractivity contribution in [2.45, 2.75) is 104 Å². The van der Waals surface area contributed by atoms with Crippen LogP contribution in [-0.2, 0) is 11.2 Å². The molecule has 0 bridgehead atoms. The third-order valence-corrected chi connectivity index (χ3v) is 11.1. The molecule has 1 aromatic heterocycles. The lowest BCUT2D eigenvalue weighted by atomic mass is 9.47. The van der Waals surface area contributed by atoms with Gasteiger partial charge in [-0.2, -0.15) is 0 Å². The summed E-state index contributed by atoms with van der Waals surface area (Å²) in [5.41, 5.74) is 5.47. The standard InChI is InChI=1S/C32H45NO/c1-30(2,3)34-25-12-15-31(4)24(19-25)8-9-26-28-11-10-27(32(28,5)16-13-29(26)31)22-7-6-21-14-17-33-20-23(21)18-22/h6-8,14,17,20,22,25-29H,9-13,15-16,18-19H2,1-5H3/t22?,25-,26+,27-,28+,29+,31+,32-/m1/s1. The molecule has 0 spiro atoms. The molecule has 3 fully saturated rings. The predicted octanol–water partition coefficient (Wildman–Crippen LogP) is 8.03. The normalized spacial score (nSPS) is 43.4. The van der Waals surface area contributed by atoms with Crippen LogP contribution in [0.4, 0.5) is 0 Å². The number of rotatable bonds is 2. The summed E-state index contributed by atoms with van der Waals surface area (Å²) in [6, 6.07) is 2.18. The van der Waals surface area contributed by atoms with E-state index in [0.29, 0.717) is 22.9 Å². The van der Waals surface area contributed by atoms with Gasteiger partial charge >= 0.3 is 0 Å². The number of pyridine rings is 1. The minimum Gasteiger partial charge on any atom is -0.372 e. The SMILES string of the molecule is CC(C)(C)O[C@@H]1CC[C@@]2(C)C(=CC[C@H]3[C@@H]4CC[C@H](C5C=Cc6ccncc6C5)[C@@]4(C)CC[C@@H]32)C1. The lowest BCUT2D eigenvalue weighted by Gasteiger charge is -2.58. The Bertz CT molecular complexity index is 1000. The van der Waals surface area contributed by atoms with E-state index in [0.717, 1.165) is 23.7 Å². The van der Waals surface area contributed by atoms with Gasteiger partial charge in [0.25, 0.3) is 0 Å². The highest BCUT2D eigenvalue weighted by Crippen LogP contribution is 2.67. The number of hydrogen-bond donors (Lipinski definition) is 0. The van der Waals surface area contributed by atoms with Crippen LogP contribution >= 0.6 is 0 Å². The fraction of sp³-hybridized carbons (Fsp3) is 0.719. The molecule has 184 valence electrons. The first-order valence-corrected chi connectivity index (χ1v) is 14.2. The van der Waals surface area contributed by atoms with Crippen LogP contribution in [0.25, 0.3) is 6.08 Å². The Morgan fingerprint density at radius 2 is 1.79 bits per heavy atom. The average molecular weight is 460 g/mol. The highest BCUT2D eigenvalue weighted by Gasteiger charge is 2.59. The molecule has 0 aromatic carbocycles. The molecule has 6 rings (SSSR count). The molecule has 5 aliphatic rings. The van der Waals surface area contributed by atoms with Gasteiger partial charge in [0.05, 0.1) is 11.7 Å². The molecule has 2 nitrogen and oxygen atoms in total. The van der Waals surface area contributed by atoms with Crippen molar-refractivity contribution in [1.82, 2.24) is 4.98 Å². The molecular formula is C32H45NO. The third kappa shape index (κ3) is 3.66. The van der Waals surface area contributed by atoms with Crippen molar-refractivity contribution >= 4 is 6.08 Å². The molecular weight excluding hydrogens is 414 g/mol. The summed E-state index contributed by atoms with van der Waals surface area (Å²) >= 11 is 0. The van der Waals surface area contributed by atoms with Crippen LogP contribution in [0.1, 0.15) is 97.1 Å². The summed E-state index contributed by atoms with van der Waals surface area (Å²) in [6.45, 7) is 11.9. The van der Waals surface area contributed by atoms with E-state index >= 15 is 0 Å². The van der Waals surface area contributed by atoms with Crippen molar-refractivity contribution < 1.29 is 4.74 Å². The molecule has 34 heavy (non-hydrogen) atoms. The zero-order valence-corrected chi connectivity index (χ0v) is 22.1. The van der Waals surface area contributed by atoms with Gasteiger partial charge < -0.3 is 4.74 Å². The maximum absolute atomic E-state index is 6.45. The molecule has 1 heterocycles. The van der Waals surface area contributed by atoms with E-state index in [1.165, 1.54) is 68.9 Å². The zero-order chi connectivity index (χ0) is 23.7. The van der Waals surface area contributed by atoms with Crippen molar-refractivity contribution in [3.05, 3.63) is 47.3 Å². The number of ether oxygens (including phenoxy) is 1. The Morgan fingerprint density at radius 1 is 0.971 bits per heavy atom. The summed E-state index contributed by atoms with van der Waals surface area (Å²) < 4.78 is 6.45. The van der Waals surface area contributed by atoms with E-state index in [2.05, 4.69) is 70.1 Å². The van der Waals surface area contributed by atoms with Gasteiger partial charge in [-0.05, 0) is 136 Å². The minimum absolute atomic E-state index is 0.0359. The van der Waals surface area contributed by atoms with Crippen LogP contribution < -0.4 is 0 Å². The van der Waals surface area contributed by atoms with Crippen LogP contribution in [0.5, 0.6) is 0 Å². The van der Waals surface area contributed by atoms with E-state index in [1.807, 2.05) is 6.20 Å². The number of fused-ring (bicyclic) bond motifs is 6. The Balaban J connectivity index is 1.22. The molecule has 0 aliphatic heterocycles. The first-order valence-electron chi connectivity index (χ1n) is 14.2. The predicted molar refractivity (Wildman–Crippen MR) is 140 cm³/mol. The van der Waals surface area contributed by atoms with Crippen LogP contribution in [0.3, 0.4) is 0 Å². The Labute approximate surface area is 207 Å². The van der Waals surface area contributed by atoms with Gasteiger partial charge in [-0.1, -0.05) is 37.6 Å². The highest BCUT2D eigenvalue weighted by molar-refractivity contribution is 5.56. The van der Waals surface area contributed by atoms with E-state index in [4.69, 9.17) is 4.74 Å². The lowest BCUT2D eigenvalue weighted by Crippen LogP contribution is -2.51. The van der Waals surface area contributed by atoms with E-state index in [9.17, 15) is 0 Å². The quantitative estimate of drug-likeness (QED) is 0.418. The van der Waals surface area contributed by atoms with Crippen molar-refractivity contribution in [3.63, 3.8) is 0 Å². The third-order valence-electron chi connectivity index (χ3n) is 11.1. The molecule has 0 radical (unpaired) electrons. The van der Waals surface area contributed by atoms with E-state index in [-0.39, 0.29) is 5.60 Å². The number of nitrogens with zero attached hydrogens (tertiary/aromatic N) is 1. The molecule has 8 atom stereocenters.